The summed E-state index contributed by atoms with van der Waals surface area (Å²) in [6, 6.07) is 20.7. The van der Waals surface area contributed by atoms with Gasteiger partial charge in [0, 0.05) is 24.4 Å². The summed E-state index contributed by atoms with van der Waals surface area (Å²) >= 11 is 0. The summed E-state index contributed by atoms with van der Waals surface area (Å²) in [5, 5.41) is 10.3. The number of nitrogens with zero attached hydrogens (tertiary/aromatic N) is 3. The number of carbonyl (C=O) groups excluding carboxylic acids is 1. The number of benzene rings is 2. The molecular weight excluding hydrogens is 314 g/mol. The van der Waals surface area contributed by atoms with Crippen molar-refractivity contribution in [1.29, 1.82) is 5.26 Å². The van der Waals surface area contributed by atoms with Gasteiger partial charge in [-0.3, -0.25) is 4.79 Å². The van der Waals surface area contributed by atoms with E-state index >= 15 is 0 Å². The lowest BCUT2D eigenvalue weighted by Crippen LogP contribution is -2.32. The van der Waals surface area contributed by atoms with Crippen LogP contribution in [0.1, 0.15) is 12.0 Å². The van der Waals surface area contributed by atoms with Gasteiger partial charge in [-0.15, -0.1) is 0 Å². The molecule has 5 nitrogen and oxygen atoms in total. The number of anilines is 1. The summed E-state index contributed by atoms with van der Waals surface area (Å²) in [5.41, 5.74) is 1.95. The van der Waals surface area contributed by atoms with Crippen molar-refractivity contribution in [2.24, 2.45) is 0 Å². The van der Waals surface area contributed by atoms with Crippen molar-refractivity contribution in [2.45, 2.75) is 12.5 Å². The van der Waals surface area contributed by atoms with Gasteiger partial charge in [0.15, 0.2) is 6.10 Å². The van der Waals surface area contributed by atoms with Crippen LogP contribution in [-0.4, -0.2) is 23.5 Å². The van der Waals surface area contributed by atoms with Gasteiger partial charge in [0.25, 0.3) is 5.91 Å². The predicted octanol–water partition coefficient (Wildman–Crippen LogP) is 3.29. The number of carbonyl (C=O) groups is 1. The molecule has 1 atom stereocenters. The highest BCUT2D eigenvalue weighted by atomic mass is 16.5. The molecule has 0 N–H and O–H groups in total. The van der Waals surface area contributed by atoms with Gasteiger partial charge in [-0.2, -0.15) is 5.26 Å². The highest BCUT2D eigenvalue weighted by Gasteiger charge is 2.35. The lowest BCUT2D eigenvalue weighted by molar-refractivity contribution is -0.123. The van der Waals surface area contributed by atoms with Gasteiger partial charge in [-0.1, -0.05) is 30.3 Å². The van der Waals surface area contributed by atoms with Gasteiger partial charge in [0.1, 0.15) is 6.07 Å². The Labute approximate surface area is 145 Å². The standard InChI is InChI=1S/C20H15N3O2/c21-13-15-6-2-4-8-17(15)23-12-11-18(20(23)24)25-19-10-9-14-5-1-3-7-16(14)22-19/h1-10,18H,11-12H2. The maximum absolute atomic E-state index is 12.7. The number of hydrogen-bond acceptors (Lipinski definition) is 4. The number of hydrogen-bond donors (Lipinski definition) is 0. The van der Waals surface area contributed by atoms with E-state index < -0.39 is 6.10 Å². The van der Waals surface area contributed by atoms with Crippen molar-refractivity contribution in [3.8, 4) is 11.9 Å². The molecule has 1 saturated heterocycles. The largest absolute Gasteiger partial charge is 0.464 e. The summed E-state index contributed by atoms with van der Waals surface area (Å²) in [4.78, 5) is 18.8. The van der Waals surface area contributed by atoms with Crippen LogP contribution in [0.2, 0.25) is 0 Å². The molecule has 1 aromatic heterocycles. The van der Waals surface area contributed by atoms with Crippen LogP contribution in [0.15, 0.2) is 60.7 Å². The Morgan fingerprint density at radius 1 is 1.08 bits per heavy atom. The molecule has 0 spiro atoms. The van der Waals surface area contributed by atoms with E-state index in [4.69, 9.17) is 4.74 Å². The molecular formula is C20H15N3O2. The van der Waals surface area contributed by atoms with E-state index in [1.807, 2.05) is 36.4 Å². The summed E-state index contributed by atoms with van der Waals surface area (Å²) in [6.45, 7) is 0.524. The van der Waals surface area contributed by atoms with Gasteiger partial charge >= 0.3 is 0 Å². The summed E-state index contributed by atoms with van der Waals surface area (Å²) < 4.78 is 5.84. The average molecular weight is 329 g/mol. The lowest BCUT2D eigenvalue weighted by atomic mass is 10.2. The second kappa shape index (κ2) is 6.25. The molecule has 0 saturated carbocycles. The molecule has 1 aliphatic rings. The van der Waals surface area contributed by atoms with Crippen LogP contribution in [-0.2, 0) is 4.79 Å². The molecule has 5 heteroatoms. The third-order valence-electron chi connectivity index (χ3n) is 4.31. The number of pyridine rings is 1. The summed E-state index contributed by atoms with van der Waals surface area (Å²) in [7, 11) is 0. The molecule has 0 radical (unpaired) electrons. The van der Waals surface area contributed by atoms with E-state index in [1.165, 1.54) is 0 Å². The number of rotatable bonds is 3. The van der Waals surface area contributed by atoms with Crippen LogP contribution < -0.4 is 9.64 Å². The van der Waals surface area contributed by atoms with Crippen LogP contribution in [0, 0.1) is 11.3 Å². The number of fused-ring (bicyclic) bond motifs is 1. The second-order valence-corrected chi connectivity index (χ2v) is 5.86. The number of ether oxygens (including phenoxy) is 1. The maximum atomic E-state index is 12.7. The maximum Gasteiger partial charge on any atom is 0.268 e. The Kier molecular flexibility index (Phi) is 3.79. The van der Waals surface area contributed by atoms with Crippen LogP contribution >= 0.6 is 0 Å². The molecule has 3 aromatic rings. The van der Waals surface area contributed by atoms with Crippen LogP contribution in [0.3, 0.4) is 0 Å². The first-order valence-corrected chi connectivity index (χ1v) is 8.09. The minimum absolute atomic E-state index is 0.141. The van der Waals surface area contributed by atoms with E-state index in [0.29, 0.717) is 30.1 Å². The Balaban J connectivity index is 1.56. The second-order valence-electron chi connectivity index (χ2n) is 5.86. The molecule has 1 amide bonds. The third kappa shape index (κ3) is 2.79. The van der Waals surface area contributed by atoms with Crippen LogP contribution in [0.4, 0.5) is 5.69 Å². The normalized spacial score (nSPS) is 16.8. The molecule has 4 rings (SSSR count). The van der Waals surface area contributed by atoms with E-state index in [2.05, 4.69) is 11.1 Å². The van der Waals surface area contributed by atoms with Crippen molar-refractivity contribution >= 4 is 22.5 Å². The minimum atomic E-state index is -0.583. The molecule has 2 aromatic carbocycles. The topological polar surface area (TPSA) is 66.2 Å². The highest BCUT2D eigenvalue weighted by Crippen LogP contribution is 2.27. The van der Waals surface area contributed by atoms with Crippen molar-refractivity contribution in [3.05, 3.63) is 66.2 Å². The van der Waals surface area contributed by atoms with Crippen molar-refractivity contribution in [1.82, 2.24) is 4.98 Å². The van der Waals surface area contributed by atoms with E-state index in [9.17, 15) is 10.1 Å². The smallest absolute Gasteiger partial charge is 0.268 e. The van der Waals surface area contributed by atoms with Crippen molar-refractivity contribution < 1.29 is 9.53 Å². The molecule has 2 heterocycles. The van der Waals surface area contributed by atoms with Gasteiger partial charge in [0.2, 0.25) is 5.88 Å². The molecule has 1 unspecified atom stereocenters. The van der Waals surface area contributed by atoms with Gasteiger partial charge < -0.3 is 9.64 Å². The zero-order valence-corrected chi connectivity index (χ0v) is 13.4. The Morgan fingerprint density at radius 2 is 1.88 bits per heavy atom. The number of aromatic nitrogens is 1. The fourth-order valence-corrected chi connectivity index (χ4v) is 3.06. The molecule has 1 aliphatic heterocycles. The molecule has 122 valence electrons. The van der Waals surface area contributed by atoms with Crippen LogP contribution in [0.5, 0.6) is 5.88 Å². The Hall–Kier alpha value is -3.39. The van der Waals surface area contributed by atoms with Crippen molar-refractivity contribution in [3.63, 3.8) is 0 Å². The first-order valence-electron chi connectivity index (χ1n) is 8.09. The number of amides is 1. The van der Waals surface area contributed by atoms with Crippen LogP contribution in [0.25, 0.3) is 10.9 Å². The van der Waals surface area contributed by atoms with E-state index in [0.717, 1.165) is 10.9 Å². The summed E-state index contributed by atoms with van der Waals surface area (Å²) in [5.74, 6) is 0.296. The Morgan fingerprint density at radius 3 is 2.76 bits per heavy atom. The first-order chi connectivity index (χ1) is 12.3. The molecule has 0 bridgehead atoms. The highest BCUT2D eigenvalue weighted by molar-refractivity contribution is 6.00. The summed E-state index contributed by atoms with van der Waals surface area (Å²) in [6.07, 6.45) is -0.0204. The SMILES string of the molecule is N#Cc1ccccc1N1CCC(Oc2ccc3ccccc3n2)C1=O. The number of para-hydroxylation sites is 2. The molecule has 1 fully saturated rings. The monoisotopic (exact) mass is 329 g/mol. The predicted molar refractivity (Wildman–Crippen MR) is 94.3 cm³/mol. The number of nitriles is 1. The quantitative estimate of drug-likeness (QED) is 0.739. The minimum Gasteiger partial charge on any atom is -0.464 e. The third-order valence-corrected chi connectivity index (χ3v) is 4.31. The van der Waals surface area contributed by atoms with Gasteiger partial charge in [0.05, 0.1) is 16.8 Å². The fourth-order valence-electron chi connectivity index (χ4n) is 3.06. The van der Waals surface area contributed by atoms with Gasteiger partial charge in [-0.25, -0.2) is 4.98 Å². The van der Waals surface area contributed by atoms with E-state index in [1.54, 1.807) is 29.2 Å². The first kappa shape index (κ1) is 15.2. The zero-order chi connectivity index (χ0) is 17.2. The fraction of sp³-hybridized carbons (Fsp3) is 0.150. The van der Waals surface area contributed by atoms with E-state index in [-0.39, 0.29) is 5.91 Å². The van der Waals surface area contributed by atoms with Gasteiger partial charge in [-0.05, 0) is 24.3 Å². The lowest BCUT2D eigenvalue weighted by Gasteiger charge is -2.18. The Bertz CT molecular complexity index is 993. The average Bonchev–Trinajstić information content (AvgIpc) is 3.02. The molecule has 25 heavy (non-hydrogen) atoms. The van der Waals surface area contributed by atoms with Crippen molar-refractivity contribution in [2.75, 3.05) is 11.4 Å². The molecule has 0 aliphatic carbocycles. The zero-order valence-electron chi connectivity index (χ0n) is 13.4.